The molecule has 0 saturated carbocycles. The van der Waals surface area contributed by atoms with Crippen LogP contribution in [0.2, 0.25) is 5.02 Å². The number of nitrogens with zero attached hydrogens (tertiary/aromatic N) is 1. The molecule has 0 bridgehead atoms. The molecule has 1 N–H and O–H groups in total. The molecule has 0 fully saturated rings. The molecular formula is C11H14ClF3N2O. The van der Waals surface area contributed by atoms with Crippen molar-refractivity contribution in [2.45, 2.75) is 26.1 Å². The zero-order valence-corrected chi connectivity index (χ0v) is 10.8. The second kappa shape index (κ2) is 6.24. The molecule has 7 heteroatoms. The average Bonchev–Trinajstić information content (AvgIpc) is 2.26. The van der Waals surface area contributed by atoms with E-state index in [1.165, 1.54) is 0 Å². The lowest BCUT2D eigenvalue weighted by Gasteiger charge is -2.14. The Morgan fingerprint density at radius 1 is 1.50 bits per heavy atom. The topological polar surface area (TPSA) is 34.1 Å². The van der Waals surface area contributed by atoms with E-state index in [2.05, 4.69) is 10.3 Å². The average molecular weight is 283 g/mol. The molecule has 1 rings (SSSR count). The molecule has 0 amide bonds. The van der Waals surface area contributed by atoms with Crippen molar-refractivity contribution >= 4 is 17.4 Å². The molecule has 0 aliphatic rings. The quantitative estimate of drug-likeness (QED) is 0.896. The second-order valence-electron chi connectivity index (χ2n) is 3.70. The fraction of sp³-hybridized carbons (Fsp3) is 0.545. The van der Waals surface area contributed by atoms with Gasteiger partial charge in [0.25, 0.3) is 0 Å². The number of aromatic nitrogens is 1. The molecule has 18 heavy (non-hydrogen) atoms. The fourth-order valence-corrected chi connectivity index (χ4v) is 1.54. The van der Waals surface area contributed by atoms with Gasteiger partial charge in [0.1, 0.15) is 5.82 Å². The number of ether oxygens (including phenoxy) is 1. The van der Waals surface area contributed by atoms with Crippen molar-refractivity contribution in [2.24, 2.45) is 0 Å². The van der Waals surface area contributed by atoms with Gasteiger partial charge in [-0.15, -0.1) is 0 Å². The largest absolute Gasteiger partial charge is 0.417 e. The SMILES string of the molecule is CCOC(C)CNc1ncc(C(F)(F)F)cc1Cl. The van der Waals surface area contributed by atoms with E-state index in [0.717, 1.165) is 12.3 Å². The molecule has 3 nitrogen and oxygen atoms in total. The number of hydrogen-bond acceptors (Lipinski definition) is 3. The minimum Gasteiger partial charge on any atom is -0.377 e. The Labute approximate surface area is 108 Å². The molecule has 1 atom stereocenters. The number of halogens is 4. The standard InChI is InChI=1S/C11H14ClF3N2O/c1-3-18-7(2)5-16-10-9(12)4-8(6-17-10)11(13,14)15/h4,6-7H,3,5H2,1-2H3,(H,16,17). The van der Waals surface area contributed by atoms with Crippen molar-refractivity contribution in [3.63, 3.8) is 0 Å². The summed E-state index contributed by atoms with van der Waals surface area (Å²) in [5.74, 6) is 0.219. The van der Waals surface area contributed by atoms with Gasteiger partial charge in [0.05, 0.1) is 16.7 Å². The highest BCUT2D eigenvalue weighted by Gasteiger charge is 2.31. The van der Waals surface area contributed by atoms with Gasteiger partial charge in [0.15, 0.2) is 0 Å². The van der Waals surface area contributed by atoms with Crippen molar-refractivity contribution in [1.82, 2.24) is 4.98 Å². The third-order valence-electron chi connectivity index (χ3n) is 2.18. The lowest BCUT2D eigenvalue weighted by atomic mass is 10.2. The maximum Gasteiger partial charge on any atom is 0.417 e. The Kier molecular flexibility index (Phi) is 5.22. The first kappa shape index (κ1) is 15.0. The van der Waals surface area contributed by atoms with E-state index in [9.17, 15) is 13.2 Å². The summed E-state index contributed by atoms with van der Waals surface area (Å²) in [6.07, 6.45) is -3.76. The van der Waals surface area contributed by atoms with Gasteiger partial charge in [0.2, 0.25) is 0 Å². The predicted octanol–water partition coefficient (Wildman–Crippen LogP) is 3.59. The first-order valence-corrected chi connectivity index (χ1v) is 5.80. The molecular weight excluding hydrogens is 269 g/mol. The Bertz CT molecular complexity index is 398. The maximum atomic E-state index is 12.4. The minimum atomic E-state index is -4.44. The van der Waals surface area contributed by atoms with Gasteiger partial charge in [-0.25, -0.2) is 4.98 Å². The smallest absolute Gasteiger partial charge is 0.377 e. The van der Waals surface area contributed by atoms with Crippen LogP contribution in [0.1, 0.15) is 19.4 Å². The monoisotopic (exact) mass is 282 g/mol. The number of anilines is 1. The van der Waals surface area contributed by atoms with Gasteiger partial charge < -0.3 is 10.1 Å². The van der Waals surface area contributed by atoms with Crippen LogP contribution in [0, 0.1) is 0 Å². The summed E-state index contributed by atoms with van der Waals surface area (Å²) < 4.78 is 42.4. The summed E-state index contributed by atoms with van der Waals surface area (Å²) in [6.45, 7) is 4.69. The van der Waals surface area contributed by atoms with Crippen molar-refractivity contribution in [1.29, 1.82) is 0 Å². The van der Waals surface area contributed by atoms with E-state index in [1.54, 1.807) is 0 Å². The van der Waals surface area contributed by atoms with E-state index in [-0.39, 0.29) is 16.9 Å². The van der Waals surface area contributed by atoms with Crippen LogP contribution < -0.4 is 5.32 Å². The number of alkyl halides is 3. The molecule has 102 valence electrons. The van der Waals surface area contributed by atoms with E-state index in [4.69, 9.17) is 16.3 Å². The summed E-state index contributed by atoms with van der Waals surface area (Å²) in [6, 6.07) is 0.849. The van der Waals surface area contributed by atoms with Crippen LogP contribution in [0.25, 0.3) is 0 Å². The highest BCUT2D eigenvalue weighted by Crippen LogP contribution is 2.32. The van der Waals surface area contributed by atoms with Gasteiger partial charge in [-0.05, 0) is 19.9 Å². The van der Waals surface area contributed by atoms with Crippen molar-refractivity contribution in [3.8, 4) is 0 Å². The summed E-state index contributed by atoms with van der Waals surface area (Å²) >= 11 is 5.73. The van der Waals surface area contributed by atoms with Crippen LogP contribution in [-0.2, 0) is 10.9 Å². The van der Waals surface area contributed by atoms with Gasteiger partial charge >= 0.3 is 6.18 Å². The summed E-state index contributed by atoms with van der Waals surface area (Å²) in [5.41, 5.74) is -0.865. The predicted molar refractivity (Wildman–Crippen MR) is 63.8 cm³/mol. The number of pyridine rings is 1. The first-order chi connectivity index (χ1) is 8.34. The third kappa shape index (κ3) is 4.34. The van der Waals surface area contributed by atoms with Crippen LogP contribution in [0.3, 0.4) is 0 Å². The Morgan fingerprint density at radius 2 is 2.17 bits per heavy atom. The third-order valence-corrected chi connectivity index (χ3v) is 2.46. The lowest BCUT2D eigenvalue weighted by molar-refractivity contribution is -0.137. The molecule has 0 aliphatic heterocycles. The lowest BCUT2D eigenvalue weighted by Crippen LogP contribution is -2.20. The zero-order valence-electron chi connectivity index (χ0n) is 10.0. The molecule has 0 saturated heterocycles. The van der Waals surface area contributed by atoms with Crippen LogP contribution >= 0.6 is 11.6 Å². The van der Waals surface area contributed by atoms with E-state index in [0.29, 0.717) is 13.2 Å². The Hall–Kier alpha value is -1.01. The first-order valence-electron chi connectivity index (χ1n) is 5.42. The Balaban J connectivity index is 2.69. The van der Waals surface area contributed by atoms with Crippen LogP contribution in [0.4, 0.5) is 19.0 Å². The van der Waals surface area contributed by atoms with Crippen LogP contribution in [0.15, 0.2) is 12.3 Å². The summed E-state index contributed by atoms with van der Waals surface area (Å²) in [5, 5.41) is 2.78. The fourth-order valence-electron chi connectivity index (χ4n) is 1.31. The summed E-state index contributed by atoms with van der Waals surface area (Å²) in [7, 11) is 0. The maximum absolute atomic E-state index is 12.4. The molecule has 1 heterocycles. The number of rotatable bonds is 5. The summed E-state index contributed by atoms with van der Waals surface area (Å²) in [4.78, 5) is 3.66. The zero-order chi connectivity index (χ0) is 13.8. The normalized spacial score (nSPS) is 13.4. The van der Waals surface area contributed by atoms with E-state index in [1.807, 2.05) is 13.8 Å². The van der Waals surface area contributed by atoms with Crippen LogP contribution in [0.5, 0.6) is 0 Å². The molecule has 1 aromatic rings. The van der Waals surface area contributed by atoms with Gasteiger partial charge in [0, 0.05) is 19.3 Å². The van der Waals surface area contributed by atoms with Crippen LogP contribution in [-0.4, -0.2) is 24.2 Å². The highest BCUT2D eigenvalue weighted by atomic mass is 35.5. The molecule has 1 unspecified atom stereocenters. The molecule has 0 aromatic carbocycles. The number of hydrogen-bond donors (Lipinski definition) is 1. The van der Waals surface area contributed by atoms with E-state index >= 15 is 0 Å². The molecule has 0 spiro atoms. The second-order valence-corrected chi connectivity index (χ2v) is 4.11. The van der Waals surface area contributed by atoms with Crippen molar-refractivity contribution < 1.29 is 17.9 Å². The number of nitrogens with one attached hydrogen (secondary N) is 1. The molecule has 0 aliphatic carbocycles. The van der Waals surface area contributed by atoms with Gasteiger partial charge in [-0.2, -0.15) is 13.2 Å². The molecule has 1 aromatic heterocycles. The molecule has 0 radical (unpaired) electrons. The Morgan fingerprint density at radius 3 is 2.67 bits per heavy atom. The van der Waals surface area contributed by atoms with Crippen molar-refractivity contribution in [2.75, 3.05) is 18.5 Å². The van der Waals surface area contributed by atoms with Crippen molar-refractivity contribution in [3.05, 3.63) is 22.8 Å². The van der Waals surface area contributed by atoms with Gasteiger partial charge in [-0.1, -0.05) is 11.6 Å². The minimum absolute atomic E-state index is 0.0616. The van der Waals surface area contributed by atoms with E-state index < -0.39 is 11.7 Å². The van der Waals surface area contributed by atoms with Gasteiger partial charge in [-0.3, -0.25) is 0 Å². The highest BCUT2D eigenvalue weighted by molar-refractivity contribution is 6.32.